The van der Waals surface area contributed by atoms with E-state index in [4.69, 9.17) is 14.7 Å². The zero-order valence-corrected chi connectivity index (χ0v) is 9.27. The first-order valence-corrected chi connectivity index (χ1v) is 5.04. The molecule has 0 bridgehead atoms. The van der Waals surface area contributed by atoms with Crippen LogP contribution in [0.2, 0.25) is 0 Å². The van der Waals surface area contributed by atoms with E-state index in [1.165, 1.54) is 0 Å². The number of hydrogen-bond donors (Lipinski definition) is 2. The Morgan fingerprint density at radius 3 is 2.94 bits per heavy atom. The van der Waals surface area contributed by atoms with E-state index in [0.29, 0.717) is 18.2 Å². The molecule has 0 unspecified atom stereocenters. The van der Waals surface area contributed by atoms with Crippen LogP contribution in [0.3, 0.4) is 0 Å². The van der Waals surface area contributed by atoms with Crippen LogP contribution in [0.4, 0.5) is 0 Å². The van der Waals surface area contributed by atoms with Crippen molar-refractivity contribution < 1.29 is 14.7 Å². The first-order valence-electron chi connectivity index (χ1n) is 5.04. The van der Waals surface area contributed by atoms with Crippen LogP contribution in [0.5, 0.6) is 5.88 Å². The number of aliphatic hydroxyl groups excluding tert-OH is 1. The number of nitrogens with zero attached hydrogens (tertiary/aromatic N) is 1. The van der Waals surface area contributed by atoms with Crippen LogP contribution in [0, 0.1) is 0 Å². The van der Waals surface area contributed by atoms with Crippen molar-refractivity contribution in [2.24, 2.45) is 0 Å². The van der Waals surface area contributed by atoms with Gasteiger partial charge in [-0.15, -0.1) is 0 Å². The third kappa shape index (κ3) is 3.88. The van der Waals surface area contributed by atoms with Crippen LogP contribution in [0.15, 0.2) is 24.9 Å². The second kappa shape index (κ2) is 6.81. The van der Waals surface area contributed by atoms with Gasteiger partial charge in [0.05, 0.1) is 25.5 Å². The molecule has 0 atom stereocenters. The van der Waals surface area contributed by atoms with E-state index in [9.17, 15) is 0 Å². The van der Waals surface area contributed by atoms with Gasteiger partial charge in [-0.1, -0.05) is 6.58 Å². The maximum atomic E-state index is 8.52. The molecular formula is C11H16N2O3. The maximum absolute atomic E-state index is 8.52. The minimum Gasteiger partial charge on any atom is -0.478 e. The zero-order valence-electron chi connectivity index (χ0n) is 9.27. The number of hydrogen-bond acceptors (Lipinski definition) is 5. The largest absolute Gasteiger partial charge is 0.478 e. The van der Waals surface area contributed by atoms with Gasteiger partial charge in [-0.2, -0.15) is 0 Å². The Kier molecular flexibility index (Phi) is 5.31. The molecule has 0 aromatic carbocycles. The molecule has 0 aliphatic carbocycles. The zero-order chi connectivity index (χ0) is 11.8. The van der Waals surface area contributed by atoms with Gasteiger partial charge in [-0.05, 0) is 13.0 Å². The summed E-state index contributed by atoms with van der Waals surface area (Å²) >= 11 is 0. The van der Waals surface area contributed by atoms with Crippen molar-refractivity contribution in [1.29, 1.82) is 0 Å². The van der Waals surface area contributed by atoms with E-state index in [0.717, 1.165) is 5.56 Å². The lowest BCUT2D eigenvalue weighted by Gasteiger charge is -2.09. The standard InChI is InChI=1S/C11H16N2O3/c1-3-15-11-5-4-10(8-12-11)9(2)13-16-7-6-14/h4-5,8,13-14H,2-3,6-7H2,1H3. The van der Waals surface area contributed by atoms with Gasteiger partial charge in [-0.25, -0.2) is 4.98 Å². The van der Waals surface area contributed by atoms with Gasteiger partial charge in [0.2, 0.25) is 5.88 Å². The molecule has 5 nitrogen and oxygen atoms in total. The predicted octanol–water partition coefficient (Wildman–Crippen LogP) is 0.964. The van der Waals surface area contributed by atoms with E-state index in [1.807, 2.05) is 13.0 Å². The number of hydroxylamine groups is 1. The van der Waals surface area contributed by atoms with Gasteiger partial charge in [0.15, 0.2) is 0 Å². The highest BCUT2D eigenvalue weighted by Crippen LogP contribution is 2.12. The Labute approximate surface area is 94.7 Å². The molecule has 2 N–H and O–H groups in total. The van der Waals surface area contributed by atoms with E-state index in [1.54, 1.807) is 12.3 Å². The lowest BCUT2D eigenvalue weighted by Crippen LogP contribution is -2.15. The summed E-state index contributed by atoms with van der Waals surface area (Å²) in [5.41, 5.74) is 4.01. The lowest BCUT2D eigenvalue weighted by atomic mass is 10.2. The van der Waals surface area contributed by atoms with Crippen molar-refractivity contribution in [2.45, 2.75) is 6.92 Å². The molecule has 0 fully saturated rings. The van der Waals surface area contributed by atoms with Crippen molar-refractivity contribution in [3.8, 4) is 5.88 Å². The first kappa shape index (κ1) is 12.5. The molecular weight excluding hydrogens is 208 g/mol. The lowest BCUT2D eigenvalue weighted by molar-refractivity contribution is 0.0481. The highest BCUT2D eigenvalue weighted by molar-refractivity contribution is 5.59. The fraction of sp³-hybridized carbons (Fsp3) is 0.364. The van der Waals surface area contributed by atoms with E-state index in [-0.39, 0.29) is 13.2 Å². The average molecular weight is 224 g/mol. The quantitative estimate of drug-likeness (QED) is 0.533. The van der Waals surface area contributed by atoms with Crippen LogP contribution in [-0.2, 0) is 4.84 Å². The molecule has 88 valence electrons. The summed E-state index contributed by atoms with van der Waals surface area (Å²) in [5, 5.41) is 8.52. The predicted molar refractivity (Wildman–Crippen MR) is 60.6 cm³/mol. The van der Waals surface area contributed by atoms with Gasteiger partial charge < -0.3 is 9.84 Å². The number of rotatable bonds is 7. The summed E-state index contributed by atoms with van der Waals surface area (Å²) in [6.45, 7) is 6.44. The highest BCUT2D eigenvalue weighted by Gasteiger charge is 2.00. The summed E-state index contributed by atoms with van der Waals surface area (Å²) in [7, 11) is 0. The van der Waals surface area contributed by atoms with Crippen LogP contribution < -0.4 is 10.2 Å². The van der Waals surface area contributed by atoms with Crippen molar-refractivity contribution in [1.82, 2.24) is 10.5 Å². The van der Waals surface area contributed by atoms with Gasteiger partial charge in [0.25, 0.3) is 0 Å². The Hall–Kier alpha value is -1.59. The summed E-state index contributed by atoms with van der Waals surface area (Å²) in [6, 6.07) is 3.59. The number of ether oxygens (including phenoxy) is 1. The van der Waals surface area contributed by atoms with Crippen LogP contribution in [0.1, 0.15) is 12.5 Å². The molecule has 16 heavy (non-hydrogen) atoms. The van der Waals surface area contributed by atoms with Crippen LogP contribution in [0.25, 0.3) is 5.70 Å². The summed E-state index contributed by atoms with van der Waals surface area (Å²) < 4.78 is 5.21. The van der Waals surface area contributed by atoms with Crippen molar-refractivity contribution in [3.63, 3.8) is 0 Å². The number of aliphatic hydroxyl groups is 1. The summed E-state index contributed by atoms with van der Waals surface area (Å²) in [5.74, 6) is 0.579. The van der Waals surface area contributed by atoms with Crippen LogP contribution in [-0.4, -0.2) is 29.9 Å². The first-order chi connectivity index (χ1) is 7.77. The number of pyridine rings is 1. The van der Waals surface area contributed by atoms with Crippen molar-refractivity contribution >= 4 is 5.70 Å². The molecule has 1 aromatic rings. The number of aromatic nitrogens is 1. The highest BCUT2D eigenvalue weighted by atomic mass is 16.6. The fourth-order valence-electron chi connectivity index (χ4n) is 1.03. The monoisotopic (exact) mass is 224 g/mol. The molecule has 0 saturated carbocycles. The Morgan fingerprint density at radius 1 is 1.56 bits per heavy atom. The van der Waals surface area contributed by atoms with Gasteiger partial charge in [-0.3, -0.25) is 10.3 Å². The molecule has 0 spiro atoms. The summed E-state index contributed by atoms with van der Waals surface area (Å²) in [4.78, 5) is 9.01. The Balaban J connectivity index is 2.49. The molecule has 0 saturated heterocycles. The molecule has 0 aliphatic rings. The van der Waals surface area contributed by atoms with Crippen molar-refractivity contribution in [2.75, 3.05) is 19.8 Å². The van der Waals surface area contributed by atoms with E-state index >= 15 is 0 Å². The molecule has 0 radical (unpaired) electrons. The normalized spacial score (nSPS) is 9.88. The fourth-order valence-corrected chi connectivity index (χ4v) is 1.03. The average Bonchev–Trinajstić information content (AvgIpc) is 2.30. The molecule has 1 aromatic heterocycles. The second-order valence-electron chi connectivity index (χ2n) is 2.97. The van der Waals surface area contributed by atoms with E-state index < -0.39 is 0 Å². The molecule has 0 amide bonds. The third-order valence-corrected chi connectivity index (χ3v) is 1.77. The molecule has 5 heteroatoms. The Bertz CT molecular complexity index is 325. The second-order valence-corrected chi connectivity index (χ2v) is 2.97. The van der Waals surface area contributed by atoms with E-state index in [2.05, 4.69) is 17.0 Å². The Morgan fingerprint density at radius 2 is 2.38 bits per heavy atom. The number of nitrogens with one attached hydrogen (secondary N) is 1. The van der Waals surface area contributed by atoms with Crippen molar-refractivity contribution in [3.05, 3.63) is 30.5 Å². The molecule has 1 heterocycles. The van der Waals surface area contributed by atoms with Gasteiger partial charge >= 0.3 is 0 Å². The van der Waals surface area contributed by atoms with Gasteiger partial charge in [0, 0.05) is 17.8 Å². The third-order valence-electron chi connectivity index (χ3n) is 1.77. The van der Waals surface area contributed by atoms with Crippen LogP contribution >= 0.6 is 0 Å². The SMILES string of the molecule is C=C(NOCCO)c1ccc(OCC)nc1. The smallest absolute Gasteiger partial charge is 0.213 e. The topological polar surface area (TPSA) is 63.6 Å². The summed E-state index contributed by atoms with van der Waals surface area (Å²) in [6.07, 6.45) is 1.64. The minimum atomic E-state index is -0.0399. The molecule has 1 rings (SSSR count). The van der Waals surface area contributed by atoms with Gasteiger partial charge in [0.1, 0.15) is 0 Å². The minimum absolute atomic E-state index is 0.0399. The maximum Gasteiger partial charge on any atom is 0.213 e. The molecule has 0 aliphatic heterocycles.